The largest absolute Gasteiger partial charge is 0.481 e. The van der Waals surface area contributed by atoms with Gasteiger partial charge in [0.25, 0.3) is 0 Å². The number of carboxylic acids is 1. The van der Waals surface area contributed by atoms with Crippen LogP contribution in [0.15, 0.2) is 59.5 Å². The zero-order chi connectivity index (χ0) is 16.5. The van der Waals surface area contributed by atoms with Gasteiger partial charge in [-0.25, -0.2) is 0 Å². The predicted octanol–water partition coefficient (Wildman–Crippen LogP) is 3.97. The van der Waals surface area contributed by atoms with E-state index in [1.807, 2.05) is 18.2 Å². The molecule has 1 unspecified atom stereocenters. The second kappa shape index (κ2) is 9.38. The van der Waals surface area contributed by atoms with Crippen LogP contribution in [0.1, 0.15) is 24.0 Å². The van der Waals surface area contributed by atoms with Crippen molar-refractivity contribution in [2.45, 2.75) is 36.7 Å². The Balaban J connectivity index is 1.94. The number of nitrogens with one attached hydrogen (secondary N) is 1. The maximum atomic E-state index is 10.9. The van der Waals surface area contributed by atoms with Crippen LogP contribution in [0, 0.1) is 0 Å². The highest BCUT2D eigenvalue weighted by Gasteiger charge is 2.11. The molecule has 0 aliphatic rings. The van der Waals surface area contributed by atoms with Gasteiger partial charge in [-0.3, -0.25) is 4.79 Å². The maximum Gasteiger partial charge on any atom is 0.303 e. The molecule has 122 valence electrons. The molecule has 0 aliphatic heterocycles. The fraction of sp³-hybridized carbons (Fsp3) is 0.316. The zero-order valence-electron chi connectivity index (χ0n) is 13.4. The molecule has 4 heteroatoms. The monoisotopic (exact) mass is 329 g/mol. The molecular weight excluding hydrogens is 306 g/mol. The predicted molar refractivity (Wildman–Crippen MR) is 95.9 cm³/mol. The van der Waals surface area contributed by atoms with Crippen LogP contribution < -0.4 is 5.32 Å². The highest BCUT2D eigenvalue weighted by Crippen LogP contribution is 2.15. The molecule has 2 aromatic rings. The van der Waals surface area contributed by atoms with Crippen LogP contribution in [-0.4, -0.2) is 23.4 Å². The molecule has 0 heterocycles. The SMILES string of the molecule is CSc1ccc(CNC(CCC(=O)O)Cc2ccccc2)cc1. The third-order valence-electron chi connectivity index (χ3n) is 3.79. The van der Waals surface area contributed by atoms with Crippen molar-refractivity contribution >= 4 is 17.7 Å². The minimum atomic E-state index is -0.741. The van der Waals surface area contributed by atoms with Crippen molar-refractivity contribution in [3.8, 4) is 0 Å². The summed E-state index contributed by atoms with van der Waals surface area (Å²) in [7, 11) is 0. The van der Waals surface area contributed by atoms with Crippen molar-refractivity contribution in [3.05, 3.63) is 65.7 Å². The third kappa shape index (κ3) is 6.47. The summed E-state index contributed by atoms with van der Waals surface area (Å²) in [6.07, 6.45) is 3.73. The van der Waals surface area contributed by atoms with Crippen LogP contribution in [0.3, 0.4) is 0 Å². The van der Waals surface area contributed by atoms with Gasteiger partial charge in [0.2, 0.25) is 0 Å². The summed E-state index contributed by atoms with van der Waals surface area (Å²) in [6, 6.07) is 18.8. The van der Waals surface area contributed by atoms with Gasteiger partial charge in [-0.1, -0.05) is 42.5 Å². The van der Waals surface area contributed by atoms with Gasteiger partial charge in [-0.15, -0.1) is 11.8 Å². The summed E-state index contributed by atoms with van der Waals surface area (Å²) in [5.41, 5.74) is 2.45. The van der Waals surface area contributed by atoms with Gasteiger partial charge in [0.05, 0.1) is 0 Å². The Kier molecular flexibility index (Phi) is 7.17. The van der Waals surface area contributed by atoms with Gasteiger partial charge < -0.3 is 10.4 Å². The number of aliphatic carboxylic acids is 1. The van der Waals surface area contributed by atoms with Crippen LogP contribution in [0.4, 0.5) is 0 Å². The average molecular weight is 329 g/mol. The first-order valence-electron chi connectivity index (χ1n) is 7.79. The fourth-order valence-corrected chi connectivity index (χ4v) is 2.89. The van der Waals surface area contributed by atoms with Crippen LogP contribution >= 0.6 is 11.8 Å². The van der Waals surface area contributed by atoms with E-state index in [1.54, 1.807) is 11.8 Å². The Morgan fingerprint density at radius 3 is 2.39 bits per heavy atom. The van der Waals surface area contributed by atoms with E-state index < -0.39 is 5.97 Å². The Morgan fingerprint density at radius 2 is 1.78 bits per heavy atom. The van der Waals surface area contributed by atoms with E-state index in [2.05, 4.69) is 48.0 Å². The molecular formula is C19H23NO2S. The highest BCUT2D eigenvalue weighted by molar-refractivity contribution is 7.98. The standard InChI is InChI=1S/C19H23NO2S/c1-23-18-10-7-16(8-11-18)14-20-17(9-12-19(21)22)13-15-5-3-2-4-6-15/h2-8,10-11,17,20H,9,12-14H2,1H3,(H,21,22). The first kappa shape index (κ1) is 17.6. The van der Waals surface area contributed by atoms with E-state index in [9.17, 15) is 4.79 Å². The Bertz CT molecular complexity index is 599. The van der Waals surface area contributed by atoms with Crippen molar-refractivity contribution in [1.29, 1.82) is 0 Å². The molecule has 0 spiro atoms. The van der Waals surface area contributed by atoms with E-state index in [0.717, 1.165) is 13.0 Å². The lowest BCUT2D eigenvalue weighted by Crippen LogP contribution is -2.31. The van der Waals surface area contributed by atoms with Gasteiger partial charge in [0.1, 0.15) is 0 Å². The van der Waals surface area contributed by atoms with Crippen LogP contribution in [-0.2, 0) is 17.8 Å². The summed E-state index contributed by atoms with van der Waals surface area (Å²) in [5.74, 6) is -0.741. The molecule has 23 heavy (non-hydrogen) atoms. The van der Waals surface area contributed by atoms with Gasteiger partial charge in [-0.05, 0) is 42.4 Å². The molecule has 0 fully saturated rings. The number of benzene rings is 2. The van der Waals surface area contributed by atoms with Crippen molar-refractivity contribution < 1.29 is 9.90 Å². The molecule has 0 amide bonds. The van der Waals surface area contributed by atoms with E-state index in [4.69, 9.17) is 5.11 Å². The number of hydrogen-bond acceptors (Lipinski definition) is 3. The lowest BCUT2D eigenvalue weighted by Gasteiger charge is -2.18. The quantitative estimate of drug-likeness (QED) is 0.683. The molecule has 1 atom stereocenters. The molecule has 2 aromatic carbocycles. The number of rotatable bonds is 9. The van der Waals surface area contributed by atoms with E-state index >= 15 is 0 Å². The Labute approximate surface area is 142 Å². The molecule has 2 N–H and O–H groups in total. The third-order valence-corrected chi connectivity index (χ3v) is 4.53. The summed E-state index contributed by atoms with van der Waals surface area (Å²) in [5, 5.41) is 12.4. The average Bonchev–Trinajstić information content (AvgIpc) is 2.58. The van der Waals surface area contributed by atoms with E-state index in [1.165, 1.54) is 16.0 Å². The molecule has 0 bridgehead atoms. The van der Waals surface area contributed by atoms with Crippen molar-refractivity contribution in [1.82, 2.24) is 5.32 Å². The number of carboxylic acid groups (broad SMARTS) is 1. The molecule has 3 nitrogen and oxygen atoms in total. The van der Waals surface area contributed by atoms with Gasteiger partial charge in [0.15, 0.2) is 0 Å². The number of carbonyl (C=O) groups is 1. The molecule has 0 saturated carbocycles. The smallest absolute Gasteiger partial charge is 0.303 e. The topological polar surface area (TPSA) is 49.3 Å². The lowest BCUT2D eigenvalue weighted by molar-refractivity contribution is -0.137. The second-order valence-corrected chi connectivity index (χ2v) is 6.43. The fourth-order valence-electron chi connectivity index (χ4n) is 2.48. The Hall–Kier alpha value is -1.78. The van der Waals surface area contributed by atoms with Gasteiger partial charge >= 0.3 is 5.97 Å². The lowest BCUT2D eigenvalue weighted by atomic mass is 10.0. The number of thioether (sulfide) groups is 1. The summed E-state index contributed by atoms with van der Waals surface area (Å²) in [6.45, 7) is 0.756. The van der Waals surface area contributed by atoms with E-state index in [-0.39, 0.29) is 12.5 Å². The van der Waals surface area contributed by atoms with Crippen molar-refractivity contribution in [2.24, 2.45) is 0 Å². The molecule has 2 rings (SSSR count). The molecule has 0 aromatic heterocycles. The second-order valence-electron chi connectivity index (χ2n) is 5.55. The Morgan fingerprint density at radius 1 is 1.09 bits per heavy atom. The van der Waals surface area contributed by atoms with Crippen molar-refractivity contribution in [2.75, 3.05) is 6.26 Å². The van der Waals surface area contributed by atoms with Crippen LogP contribution in [0.5, 0.6) is 0 Å². The van der Waals surface area contributed by atoms with Crippen molar-refractivity contribution in [3.63, 3.8) is 0 Å². The van der Waals surface area contributed by atoms with Crippen LogP contribution in [0.2, 0.25) is 0 Å². The molecule has 0 saturated heterocycles. The molecule has 0 aliphatic carbocycles. The molecule has 0 radical (unpaired) electrons. The summed E-state index contributed by atoms with van der Waals surface area (Å²) in [4.78, 5) is 12.1. The minimum Gasteiger partial charge on any atom is -0.481 e. The van der Waals surface area contributed by atoms with E-state index in [0.29, 0.717) is 6.42 Å². The van der Waals surface area contributed by atoms with Gasteiger partial charge in [0, 0.05) is 23.9 Å². The normalized spacial score (nSPS) is 12.0. The number of hydrogen-bond donors (Lipinski definition) is 2. The first-order chi connectivity index (χ1) is 11.2. The zero-order valence-corrected chi connectivity index (χ0v) is 14.2. The first-order valence-corrected chi connectivity index (χ1v) is 9.02. The highest BCUT2D eigenvalue weighted by atomic mass is 32.2. The maximum absolute atomic E-state index is 10.9. The summed E-state index contributed by atoms with van der Waals surface area (Å²) < 4.78 is 0. The minimum absolute atomic E-state index is 0.161. The summed E-state index contributed by atoms with van der Waals surface area (Å²) >= 11 is 1.73. The van der Waals surface area contributed by atoms with Crippen LogP contribution in [0.25, 0.3) is 0 Å². The van der Waals surface area contributed by atoms with Gasteiger partial charge in [-0.2, -0.15) is 0 Å².